The summed E-state index contributed by atoms with van der Waals surface area (Å²) in [7, 11) is 0. The van der Waals surface area contributed by atoms with Gasteiger partial charge in [-0.15, -0.1) is 0 Å². The first-order chi connectivity index (χ1) is 6.70. The van der Waals surface area contributed by atoms with Crippen LogP contribution >= 0.6 is 11.6 Å². The minimum atomic E-state index is 0.224. The highest BCUT2D eigenvalue weighted by Crippen LogP contribution is 2.37. The van der Waals surface area contributed by atoms with Crippen LogP contribution in [0.1, 0.15) is 30.0 Å². The zero-order chi connectivity index (χ0) is 10.1. The van der Waals surface area contributed by atoms with E-state index in [0.29, 0.717) is 10.8 Å². The van der Waals surface area contributed by atoms with Crippen LogP contribution in [0.5, 0.6) is 5.75 Å². The van der Waals surface area contributed by atoms with Gasteiger partial charge in [0.05, 0.1) is 0 Å². The Labute approximate surface area is 88.9 Å². The Bertz CT molecular complexity index is 345. The average Bonchev–Trinajstić information content (AvgIpc) is 2.65. The van der Waals surface area contributed by atoms with Crippen molar-refractivity contribution in [1.29, 1.82) is 0 Å². The van der Waals surface area contributed by atoms with Gasteiger partial charge in [0.2, 0.25) is 0 Å². The van der Waals surface area contributed by atoms with E-state index in [1.807, 2.05) is 19.1 Å². The Morgan fingerprint density at radius 3 is 2.93 bits per heavy atom. The van der Waals surface area contributed by atoms with Crippen LogP contribution < -0.4 is 5.32 Å². The fourth-order valence-corrected chi connectivity index (χ4v) is 2.24. The molecule has 1 aliphatic heterocycles. The summed E-state index contributed by atoms with van der Waals surface area (Å²) in [6, 6.07) is 3.92. The van der Waals surface area contributed by atoms with Gasteiger partial charge in [-0.25, -0.2) is 0 Å². The highest BCUT2D eigenvalue weighted by Gasteiger charge is 2.22. The lowest BCUT2D eigenvalue weighted by atomic mass is 10.0. The predicted molar refractivity (Wildman–Crippen MR) is 57.8 cm³/mol. The van der Waals surface area contributed by atoms with Gasteiger partial charge in [0, 0.05) is 16.6 Å². The second-order valence-corrected chi connectivity index (χ2v) is 4.18. The number of halogens is 1. The van der Waals surface area contributed by atoms with Gasteiger partial charge >= 0.3 is 0 Å². The summed E-state index contributed by atoms with van der Waals surface area (Å²) < 4.78 is 0. The second kappa shape index (κ2) is 3.79. The Morgan fingerprint density at radius 1 is 1.50 bits per heavy atom. The molecule has 1 fully saturated rings. The Hall–Kier alpha value is -0.730. The number of aryl methyl sites for hydroxylation is 1. The standard InChI is InChI=1S/C11H14ClNO/c1-7-4-5-8(12)10(11(7)14)9-3-2-6-13-9/h4-5,9,13-14H,2-3,6H2,1H3/t9-/m1/s1. The van der Waals surface area contributed by atoms with Crippen LogP contribution in [-0.4, -0.2) is 11.7 Å². The van der Waals surface area contributed by atoms with Gasteiger partial charge in [0.25, 0.3) is 0 Å². The molecule has 0 amide bonds. The zero-order valence-electron chi connectivity index (χ0n) is 8.18. The van der Waals surface area contributed by atoms with Gasteiger partial charge in [0.1, 0.15) is 5.75 Å². The molecule has 2 nitrogen and oxygen atoms in total. The van der Waals surface area contributed by atoms with Gasteiger partial charge in [-0.3, -0.25) is 0 Å². The largest absolute Gasteiger partial charge is 0.507 e. The van der Waals surface area contributed by atoms with Gasteiger partial charge in [0.15, 0.2) is 0 Å². The lowest BCUT2D eigenvalue weighted by Gasteiger charge is -2.15. The fourth-order valence-electron chi connectivity index (χ4n) is 1.95. The molecule has 0 saturated carbocycles. The minimum absolute atomic E-state index is 0.224. The minimum Gasteiger partial charge on any atom is -0.507 e. The quantitative estimate of drug-likeness (QED) is 0.749. The van der Waals surface area contributed by atoms with Crippen LogP contribution in [0.3, 0.4) is 0 Å². The number of nitrogens with one attached hydrogen (secondary N) is 1. The third-order valence-corrected chi connectivity index (χ3v) is 3.10. The van der Waals surface area contributed by atoms with E-state index >= 15 is 0 Å². The second-order valence-electron chi connectivity index (χ2n) is 3.78. The topological polar surface area (TPSA) is 32.3 Å². The first-order valence-corrected chi connectivity index (χ1v) is 5.29. The first kappa shape index (κ1) is 9.81. The van der Waals surface area contributed by atoms with Crippen LogP contribution in [0, 0.1) is 6.92 Å². The van der Waals surface area contributed by atoms with Gasteiger partial charge in [-0.05, 0) is 37.9 Å². The van der Waals surface area contributed by atoms with Gasteiger partial charge < -0.3 is 10.4 Å². The molecule has 0 aromatic heterocycles. The van der Waals surface area contributed by atoms with Gasteiger partial charge in [-0.1, -0.05) is 17.7 Å². The third-order valence-electron chi connectivity index (χ3n) is 2.77. The first-order valence-electron chi connectivity index (χ1n) is 4.91. The molecule has 1 saturated heterocycles. The monoisotopic (exact) mass is 211 g/mol. The SMILES string of the molecule is Cc1ccc(Cl)c([C@H]2CCCN2)c1O. The van der Waals surface area contributed by atoms with E-state index in [-0.39, 0.29) is 6.04 Å². The van der Waals surface area contributed by atoms with Crippen LogP contribution in [0.2, 0.25) is 5.02 Å². The smallest absolute Gasteiger partial charge is 0.124 e. The summed E-state index contributed by atoms with van der Waals surface area (Å²) in [5, 5.41) is 13.9. The Balaban J connectivity index is 2.44. The van der Waals surface area contributed by atoms with Crippen molar-refractivity contribution in [3.8, 4) is 5.75 Å². The maximum atomic E-state index is 9.91. The van der Waals surface area contributed by atoms with E-state index in [1.165, 1.54) is 0 Å². The van der Waals surface area contributed by atoms with Crippen LogP contribution in [0.4, 0.5) is 0 Å². The number of phenols is 1. The van der Waals surface area contributed by atoms with E-state index in [1.54, 1.807) is 0 Å². The maximum absolute atomic E-state index is 9.91. The molecule has 2 N–H and O–H groups in total. The summed E-state index contributed by atoms with van der Waals surface area (Å²) in [5.74, 6) is 0.344. The maximum Gasteiger partial charge on any atom is 0.124 e. The average molecular weight is 212 g/mol. The molecule has 14 heavy (non-hydrogen) atoms. The number of benzene rings is 1. The molecular formula is C11H14ClNO. The highest BCUT2D eigenvalue weighted by molar-refractivity contribution is 6.31. The molecule has 76 valence electrons. The number of phenolic OH excluding ortho intramolecular Hbond substituents is 1. The van der Waals surface area contributed by atoms with Gasteiger partial charge in [-0.2, -0.15) is 0 Å². The molecule has 1 atom stereocenters. The number of hydrogen-bond donors (Lipinski definition) is 2. The lowest BCUT2D eigenvalue weighted by molar-refractivity contribution is 0.453. The molecule has 3 heteroatoms. The summed E-state index contributed by atoms with van der Waals surface area (Å²) in [6.07, 6.45) is 2.20. The van der Waals surface area contributed by atoms with Crippen LogP contribution in [0.15, 0.2) is 12.1 Å². The Kier molecular flexibility index (Phi) is 2.66. The number of rotatable bonds is 1. The molecule has 1 aromatic carbocycles. The normalized spacial score (nSPS) is 21.4. The van der Waals surface area contributed by atoms with Crippen molar-refractivity contribution in [2.24, 2.45) is 0 Å². The van der Waals surface area contributed by atoms with Crippen molar-refractivity contribution in [1.82, 2.24) is 5.32 Å². The molecule has 2 rings (SSSR count). The molecule has 0 aliphatic carbocycles. The highest BCUT2D eigenvalue weighted by atomic mass is 35.5. The summed E-state index contributed by atoms with van der Waals surface area (Å²) in [4.78, 5) is 0. The summed E-state index contributed by atoms with van der Waals surface area (Å²) >= 11 is 6.08. The molecular weight excluding hydrogens is 198 g/mol. The number of hydrogen-bond acceptors (Lipinski definition) is 2. The van der Waals surface area contributed by atoms with E-state index in [2.05, 4.69) is 5.32 Å². The molecule has 0 unspecified atom stereocenters. The lowest BCUT2D eigenvalue weighted by Crippen LogP contribution is -2.13. The Morgan fingerprint density at radius 2 is 2.29 bits per heavy atom. The molecule has 0 bridgehead atoms. The molecule has 1 aromatic rings. The summed E-state index contributed by atoms with van der Waals surface area (Å²) in [6.45, 7) is 2.90. The van der Waals surface area contributed by atoms with E-state index in [9.17, 15) is 5.11 Å². The fraction of sp³-hybridized carbons (Fsp3) is 0.455. The van der Waals surface area contributed by atoms with Crippen molar-refractivity contribution in [3.05, 3.63) is 28.3 Å². The van der Waals surface area contributed by atoms with E-state index in [4.69, 9.17) is 11.6 Å². The van der Waals surface area contributed by atoms with Crippen molar-refractivity contribution < 1.29 is 5.11 Å². The summed E-state index contributed by atoms with van der Waals surface area (Å²) in [5.41, 5.74) is 1.75. The number of aromatic hydroxyl groups is 1. The van der Waals surface area contributed by atoms with E-state index in [0.717, 1.165) is 30.5 Å². The van der Waals surface area contributed by atoms with Crippen molar-refractivity contribution in [3.63, 3.8) is 0 Å². The molecule has 0 radical (unpaired) electrons. The van der Waals surface area contributed by atoms with Crippen molar-refractivity contribution in [2.45, 2.75) is 25.8 Å². The third kappa shape index (κ3) is 1.60. The molecule has 1 aliphatic rings. The zero-order valence-corrected chi connectivity index (χ0v) is 8.93. The van der Waals surface area contributed by atoms with Crippen molar-refractivity contribution >= 4 is 11.6 Å². The predicted octanol–water partition coefficient (Wildman–Crippen LogP) is 2.78. The van der Waals surface area contributed by atoms with Crippen LogP contribution in [0.25, 0.3) is 0 Å². The van der Waals surface area contributed by atoms with E-state index < -0.39 is 0 Å². The molecule has 1 heterocycles. The van der Waals surface area contributed by atoms with Crippen molar-refractivity contribution in [2.75, 3.05) is 6.54 Å². The van der Waals surface area contributed by atoms with Crippen LogP contribution in [-0.2, 0) is 0 Å². The molecule has 0 spiro atoms.